The molecule has 7 heteroatoms. The predicted molar refractivity (Wildman–Crippen MR) is 143 cm³/mol. The summed E-state index contributed by atoms with van der Waals surface area (Å²) in [7, 11) is 0. The Morgan fingerprint density at radius 1 is 0.943 bits per heavy atom. The highest BCUT2D eigenvalue weighted by molar-refractivity contribution is 7.23. The van der Waals surface area contributed by atoms with Crippen LogP contribution in [0.5, 0.6) is 0 Å². The summed E-state index contributed by atoms with van der Waals surface area (Å²) in [6.45, 7) is 6.34. The third-order valence-electron chi connectivity index (χ3n) is 5.91. The van der Waals surface area contributed by atoms with Crippen LogP contribution in [0, 0.1) is 26.6 Å². The molecule has 0 N–H and O–H groups in total. The fourth-order valence-corrected chi connectivity index (χ4v) is 6.40. The zero-order valence-electron chi connectivity index (χ0n) is 19.7. The zero-order valence-corrected chi connectivity index (χ0v) is 21.3. The summed E-state index contributed by atoms with van der Waals surface area (Å²) in [6.07, 6.45) is 2.56. The van der Waals surface area contributed by atoms with Crippen molar-refractivity contribution < 1.29 is 4.39 Å². The van der Waals surface area contributed by atoms with Crippen molar-refractivity contribution in [3.05, 3.63) is 105 Å². The van der Waals surface area contributed by atoms with E-state index in [2.05, 4.69) is 18.0 Å². The minimum atomic E-state index is -0.355. The molecular formula is C28H24FN3OS2. The molecule has 3 aromatic heterocycles. The molecule has 3 heterocycles. The number of aryl methyl sites for hydroxylation is 4. The molecule has 0 aliphatic rings. The fourth-order valence-electron chi connectivity index (χ4n) is 4.20. The van der Waals surface area contributed by atoms with Gasteiger partial charge in [-0.1, -0.05) is 42.5 Å². The van der Waals surface area contributed by atoms with Crippen molar-refractivity contribution in [3.8, 4) is 31.6 Å². The van der Waals surface area contributed by atoms with Gasteiger partial charge in [-0.05, 0) is 56.5 Å². The number of hydrogen-bond acceptors (Lipinski definition) is 5. The van der Waals surface area contributed by atoms with E-state index in [0.29, 0.717) is 35.6 Å². The number of aromatic nitrogens is 3. The fraction of sp³-hybridized carbons (Fsp3) is 0.179. The predicted octanol–water partition coefficient (Wildman–Crippen LogP) is 7.07. The van der Waals surface area contributed by atoms with Crippen LogP contribution in [0.15, 0.2) is 71.7 Å². The van der Waals surface area contributed by atoms with Gasteiger partial charge in [0.1, 0.15) is 11.6 Å². The number of halogens is 1. The maximum Gasteiger partial charge on any atom is 0.262 e. The molecule has 5 aromatic rings. The molecule has 4 nitrogen and oxygen atoms in total. The van der Waals surface area contributed by atoms with E-state index in [4.69, 9.17) is 4.98 Å². The van der Waals surface area contributed by atoms with Crippen molar-refractivity contribution in [2.24, 2.45) is 0 Å². The number of thiazole rings is 1. The maximum atomic E-state index is 14.1. The normalized spacial score (nSPS) is 11.2. The van der Waals surface area contributed by atoms with Crippen LogP contribution >= 0.6 is 22.7 Å². The first-order valence-corrected chi connectivity index (χ1v) is 13.0. The Hall–Kier alpha value is -3.42. The Morgan fingerprint density at radius 3 is 2.46 bits per heavy atom. The smallest absolute Gasteiger partial charge is 0.262 e. The lowest BCUT2D eigenvalue weighted by Crippen LogP contribution is -2.27. The summed E-state index contributed by atoms with van der Waals surface area (Å²) in [5.74, 6) is 0.129. The zero-order chi connectivity index (χ0) is 24.5. The van der Waals surface area contributed by atoms with Gasteiger partial charge >= 0.3 is 0 Å². The van der Waals surface area contributed by atoms with E-state index in [-0.39, 0.29) is 11.4 Å². The Bertz CT molecular complexity index is 1570. The molecular weight excluding hydrogens is 477 g/mol. The van der Waals surface area contributed by atoms with E-state index in [0.717, 1.165) is 30.8 Å². The second kappa shape index (κ2) is 9.68. The average molecular weight is 502 g/mol. The van der Waals surface area contributed by atoms with Crippen molar-refractivity contribution in [2.75, 3.05) is 0 Å². The Balaban J connectivity index is 1.65. The van der Waals surface area contributed by atoms with Gasteiger partial charge in [0.25, 0.3) is 5.56 Å². The molecule has 0 aliphatic heterocycles. The molecule has 0 bridgehead atoms. The minimum absolute atomic E-state index is 0.110. The van der Waals surface area contributed by atoms with Gasteiger partial charge in [0.2, 0.25) is 0 Å². The van der Waals surface area contributed by atoms with Crippen molar-refractivity contribution in [1.82, 2.24) is 14.5 Å². The molecule has 0 radical (unpaired) electrons. The second-order valence-corrected chi connectivity index (χ2v) is 10.8. The molecule has 176 valence electrons. The van der Waals surface area contributed by atoms with E-state index in [1.54, 1.807) is 39.4 Å². The molecule has 0 spiro atoms. The Kier molecular flexibility index (Phi) is 6.45. The number of rotatable bonds is 6. The molecule has 0 atom stereocenters. The topological polar surface area (TPSA) is 47.8 Å². The van der Waals surface area contributed by atoms with Gasteiger partial charge in [0.05, 0.1) is 21.1 Å². The number of hydrogen-bond donors (Lipinski definition) is 0. The van der Waals surface area contributed by atoms with Crippen molar-refractivity contribution in [1.29, 1.82) is 0 Å². The number of nitrogens with zero attached hydrogens (tertiary/aromatic N) is 3. The quantitative estimate of drug-likeness (QED) is 0.250. The third kappa shape index (κ3) is 4.74. The highest BCUT2D eigenvalue weighted by Gasteiger charge is 2.21. The first kappa shape index (κ1) is 23.3. The van der Waals surface area contributed by atoms with E-state index < -0.39 is 0 Å². The van der Waals surface area contributed by atoms with Gasteiger partial charge in [-0.15, -0.1) is 22.7 Å². The van der Waals surface area contributed by atoms with Gasteiger partial charge in [-0.25, -0.2) is 14.4 Å². The van der Waals surface area contributed by atoms with Crippen LogP contribution in [0.3, 0.4) is 0 Å². The Morgan fingerprint density at radius 2 is 1.74 bits per heavy atom. The summed E-state index contributed by atoms with van der Waals surface area (Å²) in [6, 6.07) is 18.4. The number of benzene rings is 2. The first-order valence-electron chi connectivity index (χ1n) is 11.4. The van der Waals surface area contributed by atoms with Crippen LogP contribution in [0.2, 0.25) is 0 Å². The van der Waals surface area contributed by atoms with Crippen LogP contribution in [-0.4, -0.2) is 14.5 Å². The SMILES string of the molecule is Cc1ncc(-c2sc(-c3c(C)nc(-c4cccc(F)c4)n(CCc4ccccc4)c3=O)cc2C)s1. The number of thiophene rings is 1. The van der Waals surface area contributed by atoms with Gasteiger partial charge < -0.3 is 0 Å². The third-order valence-corrected chi connectivity index (χ3v) is 8.26. The summed E-state index contributed by atoms with van der Waals surface area (Å²) < 4.78 is 15.8. The van der Waals surface area contributed by atoms with Gasteiger partial charge in [0.15, 0.2) is 0 Å². The highest BCUT2D eigenvalue weighted by atomic mass is 32.1. The largest absolute Gasteiger partial charge is 0.292 e. The summed E-state index contributed by atoms with van der Waals surface area (Å²) >= 11 is 3.24. The monoisotopic (exact) mass is 501 g/mol. The van der Waals surface area contributed by atoms with E-state index in [1.165, 1.54) is 12.1 Å². The van der Waals surface area contributed by atoms with Crippen LogP contribution < -0.4 is 5.56 Å². The standard InChI is InChI=1S/C28H24FN3OS2/c1-17-14-23(35-26(17)24-16-30-19(3)34-24)25-18(2)31-27(21-10-7-11-22(29)15-21)32(28(25)33)13-12-20-8-5-4-6-9-20/h4-11,14-16H,12-13H2,1-3H3. The Labute approximate surface area is 211 Å². The molecule has 0 saturated carbocycles. The van der Waals surface area contributed by atoms with Crippen molar-refractivity contribution in [2.45, 2.75) is 33.7 Å². The van der Waals surface area contributed by atoms with Crippen LogP contribution in [-0.2, 0) is 13.0 Å². The molecule has 5 rings (SSSR count). The van der Waals surface area contributed by atoms with Gasteiger partial charge in [-0.3, -0.25) is 9.36 Å². The maximum absolute atomic E-state index is 14.1. The second-order valence-electron chi connectivity index (χ2n) is 8.46. The van der Waals surface area contributed by atoms with Gasteiger partial charge in [0, 0.05) is 28.1 Å². The summed E-state index contributed by atoms with van der Waals surface area (Å²) in [5, 5.41) is 1.01. The van der Waals surface area contributed by atoms with Crippen LogP contribution in [0.25, 0.3) is 31.6 Å². The molecule has 0 aliphatic carbocycles. The lowest BCUT2D eigenvalue weighted by atomic mass is 10.1. The first-order chi connectivity index (χ1) is 16.9. The van der Waals surface area contributed by atoms with Crippen molar-refractivity contribution >= 4 is 22.7 Å². The van der Waals surface area contributed by atoms with Crippen LogP contribution in [0.4, 0.5) is 4.39 Å². The average Bonchev–Trinajstić information content (AvgIpc) is 3.44. The lowest BCUT2D eigenvalue weighted by Gasteiger charge is -2.16. The highest BCUT2D eigenvalue weighted by Crippen LogP contribution is 2.40. The van der Waals surface area contributed by atoms with Gasteiger partial charge in [-0.2, -0.15) is 0 Å². The van der Waals surface area contributed by atoms with E-state index in [9.17, 15) is 9.18 Å². The molecule has 2 aromatic carbocycles. The minimum Gasteiger partial charge on any atom is -0.292 e. The lowest BCUT2D eigenvalue weighted by molar-refractivity contribution is 0.626. The molecule has 0 unspecified atom stereocenters. The van der Waals surface area contributed by atoms with Crippen molar-refractivity contribution in [3.63, 3.8) is 0 Å². The molecule has 0 saturated heterocycles. The van der Waals surface area contributed by atoms with Crippen LogP contribution in [0.1, 0.15) is 21.8 Å². The van der Waals surface area contributed by atoms with E-state index in [1.807, 2.05) is 50.4 Å². The molecule has 35 heavy (non-hydrogen) atoms. The summed E-state index contributed by atoms with van der Waals surface area (Å²) in [5.41, 5.74) is 3.95. The summed E-state index contributed by atoms with van der Waals surface area (Å²) in [4.78, 5) is 26.3. The van der Waals surface area contributed by atoms with E-state index >= 15 is 0 Å². The molecule has 0 fully saturated rings. The molecule has 0 amide bonds.